The van der Waals surface area contributed by atoms with E-state index < -0.39 is 11.4 Å². The summed E-state index contributed by atoms with van der Waals surface area (Å²) in [5, 5.41) is 3.98. The van der Waals surface area contributed by atoms with Gasteiger partial charge in [0.25, 0.3) is 5.89 Å². The molecule has 20 heavy (non-hydrogen) atoms. The minimum atomic E-state index is -0.573. The SMILES string of the molecule is CCC(CC)(OC)c1noc(-c2ccc(F)cc2N)n1. The van der Waals surface area contributed by atoms with Crippen molar-refractivity contribution in [1.29, 1.82) is 0 Å². The van der Waals surface area contributed by atoms with Crippen LogP contribution in [0.25, 0.3) is 11.5 Å². The molecule has 0 saturated carbocycles. The van der Waals surface area contributed by atoms with Gasteiger partial charge in [-0.3, -0.25) is 0 Å². The van der Waals surface area contributed by atoms with Crippen molar-refractivity contribution in [3.8, 4) is 11.5 Å². The first-order chi connectivity index (χ1) is 9.56. The Kier molecular flexibility index (Phi) is 4.04. The lowest BCUT2D eigenvalue weighted by Gasteiger charge is -2.25. The second-order valence-corrected chi connectivity index (χ2v) is 4.56. The fourth-order valence-corrected chi connectivity index (χ4v) is 2.19. The Morgan fingerprint density at radius 3 is 2.60 bits per heavy atom. The Morgan fingerprint density at radius 2 is 2.05 bits per heavy atom. The summed E-state index contributed by atoms with van der Waals surface area (Å²) in [6.07, 6.45) is 1.44. The van der Waals surface area contributed by atoms with E-state index >= 15 is 0 Å². The van der Waals surface area contributed by atoms with Crippen molar-refractivity contribution in [1.82, 2.24) is 10.1 Å². The Hall–Kier alpha value is -1.95. The lowest BCUT2D eigenvalue weighted by Crippen LogP contribution is -2.28. The zero-order valence-corrected chi connectivity index (χ0v) is 11.8. The Labute approximate surface area is 116 Å². The van der Waals surface area contributed by atoms with Crippen LogP contribution in [0, 0.1) is 5.82 Å². The molecule has 2 aromatic rings. The Balaban J connectivity index is 2.42. The van der Waals surface area contributed by atoms with Crippen molar-refractivity contribution < 1.29 is 13.7 Å². The molecule has 0 unspecified atom stereocenters. The summed E-state index contributed by atoms with van der Waals surface area (Å²) < 4.78 is 23.8. The van der Waals surface area contributed by atoms with Gasteiger partial charge in [-0.05, 0) is 31.0 Å². The topological polar surface area (TPSA) is 74.2 Å². The van der Waals surface area contributed by atoms with Gasteiger partial charge in [0.2, 0.25) is 5.82 Å². The number of nitrogens with zero attached hydrogens (tertiary/aromatic N) is 2. The zero-order chi connectivity index (χ0) is 14.8. The number of ether oxygens (including phenoxy) is 1. The van der Waals surface area contributed by atoms with Crippen LogP contribution in [0.3, 0.4) is 0 Å². The monoisotopic (exact) mass is 279 g/mol. The van der Waals surface area contributed by atoms with E-state index in [0.717, 1.165) is 12.8 Å². The fourth-order valence-electron chi connectivity index (χ4n) is 2.19. The molecule has 0 saturated heterocycles. The fraction of sp³-hybridized carbons (Fsp3) is 0.429. The lowest BCUT2D eigenvalue weighted by atomic mass is 9.96. The van der Waals surface area contributed by atoms with Gasteiger partial charge in [-0.1, -0.05) is 19.0 Å². The molecule has 1 aromatic heterocycles. The standard InChI is InChI=1S/C14H18FN3O2/c1-4-14(5-2,19-3)13-17-12(20-18-13)10-7-6-9(15)8-11(10)16/h6-8H,4-5,16H2,1-3H3. The minimum absolute atomic E-state index is 0.260. The lowest BCUT2D eigenvalue weighted by molar-refractivity contribution is -0.0306. The summed E-state index contributed by atoms with van der Waals surface area (Å²) in [5.74, 6) is 0.337. The third-order valence-electron chi connectivity index (χ3n) is 3.61. The molecule has 0 fully saturated rings. The van der Waals surface area contributed by atoms with E-state index in [4.69, 9.17) is 15.0 Å². The van der Waals surface area contributed by atoms with Gasteiger partial charge in [-0.25, -0.2) is 4.39 Å². The van der Waals surface area contributed by atoms with Gasteiger partial charge in [-0.2, -0.15) is 4.98 Å². The Morgan fingerprint density at radius 1 is 1.35 bits per heavy atom. The van der Waals surface area contributed by atoms with Crippen molar-refractivity contribution in [2.45, 2.75) is 32.3 Å². The van der Waals surface area contributed by atoms with Gasteiger partial charge >= 0.3 is 0 Å². The van der Waals surface area contributed by atoms with E-state index in [-0.39, 0.29) is 11.6 Å². The number of hydrogen-bond donors (Lipinski definition) is 1. The second-order valence-electron chi connectivity index (χ2n) is 4.56. The normalized spacial score (nSPS) is 11.8. The van der Waals surface area contributed by atoms with Gasteiger partial charge < -0.3 is 15.0 Å². The van der Waals surface area contributed by atoms with E-state index in [1.54, 1.807) is 7.11 Å². The predicted octanol–water partition coefficient (Wildman–Crippen LogP) is 3.12. The van der Waals surface area contributed by atoms with Crippen LogP contribution >= 0.6 is 0 Å². The average Bonchev–Trinajstić information content (AvgIpc) is 2.91. The smallest absolute Gasteiger partial charge is 0.260 e. The van der Waals surface area contributed by atoms with Crippen LogP contribution in [0.5, 0.6) is 0 Å². The molecule has 6 heteroatoms. The summed E-state index contributed by atoms with van der Waals surface area (Å²) >= 11 is 0. The number of methoxy groups -OCH3 is 1. The van der Waals surface area contributed by atoms with Crippen LogP contribution in [0.1, 0.15) is 32.5 Å². The number of nitrogens with two attached hydrogens (primary N) is 1. The molecule has 1 heterocycles. The molecule has 0 aliphatic carbocycles. The van der Waals surface area contributed by atoms with Gasteiger partial charge in [0.15, 0.2) is 0 Å². The molecule has 0 bridgehead atoms. The van der Waals surface area contributed by atoms with Crippen molar-refractivity contribution in [2.75, 3.05) is 12.8 Å². The van der Waals surface area contributed by atoms with Gasteiger partial charge in [-0.15, -0.1) is 0 Å². The number of rotatable bonds is 5. The highest BCUT2D eigenvalue weighted by atomic mass is 19.1. The Bertz CT molecular complexity index is 586. The summed E-state index contributed by atoms with van der Waals surface area (Å²) in [4.78, 5) is 4.35. The van der Waals surface area contributed by atoms with E-state index in [1.807, 2.05) is 13.8 Å². The molecule has 0 aliphatic rings. The number of aromatic nitrogens is 2. The van der Waals surface area contributed by atoms with Crippen LogP contribution < -0.4 is 5.73 Å². The first-order valence-electron chi connectivity index (χ1n) is 6.51. The molecule has 5 nitrogen and oxygen atoms in total. The minimum Gasteiger partial charge on any atom is -0.398 e. The van der Waals surface area contributed by atoms with E-state index in [0.29, 0.717) is 11.4 Å². The van der Waals surface area contributed by atoms with Crippen LogP contribution in [0.15, 0.2) is 22.7 Å². The van der Waals surface area contributed by atoms with Crippen LogP contribution in [-0.2, 0) is 10.3 Å². The van der Waals surface area contributed by atoms with Crippen LogP contribution in [0.2, 0.25) is 0 Å². The molecule has 1 aromatic carbocycles. The maximum Gasteiger partial charge on any atom is 0.260 e. The largest absolute Gasteiger partial charge is 0.398 e. The first kappa shape index (κ1) is 14.5. The molecule has 0 aliphatic heterocycles. The highest BCUT2D eigenvalue weighted by molar-refractivity contribution is 5.70. The first-order valence-corrected chi connectivity index (χ1v) is 6.51. The van der Waals surface area contributed by atoms with E-state index in [1.165, 1.54) is 18.2 Å². The predicted molar refractivity (Wildman–Crippen MR) is 73.4 cm³/mol. The van der Waals surface area contributed by atoms with Crippen molar-refractivity contribution in [3.05, 3.63) is 29.8 Å². The summed E-state index contributed by atoms with van der Waals surface area (Å²) in [6.45, 7) is 3.99. The molecule has 2 rings (SSSR count). The quantitative estimate of drug-likeness (QED) is 0.851. The van der Waals surface area contributed by atoms with Crippen molar-refractivity contribution >= 4 is 5.69 Å². The van der Waals surface area contributed by atoms with Crippen LogP contribution in [-0.4, -0.2) is 17.3 Å². The molecule has 0 atom stereocenters. The molecule has 108 valence electrons. The molecule has 0 spiro atoms. The molecular weight excluding hydrogens is 261 g/mol. The molecule has 0 radical (unpaired) electrons. The van der Waals surface area contributed by atoms with Crippen molar-refractivity contribution in [3.63, 3.8) is 0 Å². The average molecular weight is 279 g/mol. The number of anilines is 1. The number of nitrogen functional groups attached to an aromatic ring is 1. The number of halogens is 1. The summed E-state index contributed by atoms with van der Waals surface area (Å²) in [7, 11) is 1.62. The van der Waals surface area contributed by atoms with Gasteiger partial charge in [0.05, 0.1) is 5.56 Å². The third-order valence-corrected chi connectivity index (χ3v) is 3.61. The highest BCUT2D eigenvalue weighted by Crippen LogP contribution is 2.32. The summed E-state index contributed by atoms with van der Waals surface area (Å²) in [6, 6.07) is 4.05. The van der Waals surface area contributed by atoms with Gasteiger partial charge in [0.1, 0.15) is 11.4 Å². The molecular formula is C14H18FN3O2. The third kappa shape index (κ3) is 2.38. The highest BCUT2D eigenvalue weighted by Gasteiger charge is 2.34. The molecule has 0 amide bonds. The van der Waals surface area contributed by atoms with Gasteiger partial charge in [0, 0.05) is 12.8 Å². The number of benzene rings is 1. The zero-order valence-electron chi connectivity index (χ0n) is 11.8. The van der Waals surface area contributed by atoms with Crippen molar-refractivity contribution in [2.24, 2.45) is 0 Å². The molecule has 2 N–H and O–H groups in total. The van der Waals surface area contributed by atoms with E-state index in [9.17, 15) is 4.39 Å². The maximum absolute atomic E-state index is 13.1. The summed E-state index contributed by atoms with van der Waals surface area (Å²) in [5.41, 5.74) is 5.97. The second kappa shape index (κ2) is 5.58. The van der Waals surface area contributed by atoms with E-state index in [2.05, 4.69) is 10.1 Å². The van der Waals surface area contributed by atoms with Crippen LogP contribution in [0.4, 0.5) is 10.1 Å². The number of hydrogen-bond acceptors (Lipinski definition) is 5. The maximum atomic E-state index is 13.1.